The number of rotatable bonds is 6. The quantitative estimate of drug-likeness (QED) is 0.729. The van der Waals surface area contributed by atoms with Crippen LogP contribution in [0.2, 0.25) is 0 Å². The number of nitrogens with two attached hydrogens (primary N) is 1. The first kappa shape index (κ1) is 19.9. The van der Waals surface area contributed by atoms with Gasteiger partial charge in [0.2, 0.25) is 5.91 Å². The summed E-state index contributed by atoms with van der Waals surface area (Å²) in [5.41, 5.74) is 6.04. The van der Waals surface area contributed by atoms with Crippen molar-refractivity contribution >= 4 is 22.5 Å². The molecule has 2 aliphatic rings. The number of amides is 1. The number of fused-ring (bicyclic) bond motifs is 1. The number of hydrogen-bond donors (Lipinski definition) is 2. The number of aromatic hydroxyl groups is 1. The Kier molecular flexibility index (Phi) is 5.86. The number of primary amides is 1. The first-order chi connectivity index (χ1) is 14.0. The van der Waals surface area contributed by atoms with Gasteiger partial charge in [-0.1, -0.05) is 49.6 Å². The van der Waals surface area contributed by atoms with Crippen molar-refractivity contribution in [2.45, 2.75) is 51.0 Å². The lowest BCUT2D eigenvalue weighted by atomic mass is 9.89. The molecule has 0 spiro atoms. The highest BCUT2D eigenvalue weighted by molar-refractivity contribution is 6.04. The third kappa shape index (κ3) is 4.30. The van der Waals surface area contributed by atoms with Crippen LogP contribution in [0.4, 0.5) is 0 Å². The molecule has 4 rings (SSSR count). The van der Waals surface area contributed by atoms with Gasteiger partial charge >= 0.3 is 0 Å². The van der Waals surface area contributed by atoms with E-state index in [0.717, 1.165) is 18.5 Å². The number of carbonyl (C=O) groups excluding carboxylic acids is 2. The molecule has 1 heterocycles. The average Bonchev–Trinajstić information content (AvgIpc) is 3.11. The van der Waals surface area contributed by atoms with E-state index in [1.54, 1.807) is 6.07 Å². The predicted molar refractivity (Wildman–Crippen MR) is 114 cm³/mol. The summed E-state index contributed by atoms with van der Waals surface area (Å²) in [6.07, 6.45) is 7.24. The maximum absolute atomic E-state index is 12.9. The van der Waals surface area contributed by atoms with E-state index in [-0.39, 0.29) is 29.4 Å². The van der Waals surface area contributed by atoms with Gasteiger partial charge in [-0.25, -0.2) is 0 Å². The molecule has 3 N–H and O–H groups in total. The number of benzene rings is 2. The molecule has 1 saturated heterocycles. The summed E-state index contributed by atoms with van der Waals surface area (Å²) >= 11 is 0. The molecule has 0 unspecified atom stereocenters. The Hall–Kier alpha value is -2.40. The largest absolute Gasteiger partial charge is 0.507 e. The third-order valence-corrected chi connectivity index (χ3v) is 6.71. The molecule has 1 aliphatic heterocycles. The Balaban J connectivity index is 1.45. The number of Topliss-reactive ketones (excluding diaryl/α,β-unsaturated/α-hetero) is 1. The van der Waals surface area contributed by atoms with Gasteiger partial charge in [0, 0.05) is 24.9 Å². The van der Waals surface area contributed by atoms with Gasteiger partial charge in [-0.05, 0) is 42.6 Å². The van der Waals surface area contributed by atoms with Crippen LogP contribution in [-0.4, -0.2) is 40.8 Å². The van der Waals surface area contributed by atoms with Gasteiger partial charge < -0.3 is 10.8 Å². The van der Waals surface area contributed by atoms with Crippen molar-refractivity contribution in [2.75, 3.05) is 13.1 Å². The molecule has 0 radical (unpaired) electrons. The summed E-state index contributed by atoms with van der Waals surface area (Å²) in [6.45, 7) is 1.63. The standard InChI is InChI=1S/C24H30N2O3/c25-24(29)21-12-17(15-26(21)14-16-6-2-1-3-7-16)13-22(27)20-11-10-18-8-4-5-9-19(18)23(20)28/h4-5,8-11,16-17,21,28H,1-3,6-7,12-15H2,(H2,25,29)/t17-,21+/m1/s1. The van der Waals surface area contributed by atoms with E-state index < -0.39 is 0 Å². The van der Waals surface area contributed by atoms with E-state index >= 15 is 0 Å². The van der Waals surface area contributed by atoms with Crippen molar-refractivity contribution in [3.63, 3.8) is 0 Å². The van der Waals surface area contributed by atoms with Crippen LogP contribution < -0.4 is 5.73 Å². The number of carbonyl (C=O) groups is 2. The average molecular weight is 395 g/mol. The number of nitrogens with zero attached hydrogens (tertiary/aromatic N) is 1. The molecule has 2 aromatic rings. The van der Waals surface area contributed by atoms with Crippen molar-refractivity contribution in [2.24, 2.45) is 17.6 Å². The van der Waals surface area contributed by atoms with Crippen LogP contribution in [0.5, 0.6) is 5.75 Å². The van der Waals surface area contributed by atoms with Gasteiger partial charge in [-0.15, -0.1) is 0 Å². The normalized spacial score (nSPS) is 23.4. The topological polar surface area (TPSA) is 83.6 Å². The number of ketones is 1. The van der Waals surface area contributed by atoms with Crippen molar-refractivity contribution in [1.82, 2.24) is 4.90 Å². The van der Waals surface area contributed by atoms with E-state index in [2.05, 4.69) is 4.90 Å². The van der Waals surface area contributed by atoms with Crippen LogP contribution in [0.3, 0.4) is 0 Å². The first-order valence-electron chi connectivity index (χ1n) is 10.8. The van der Waals surface area contributed by atoms with Crippen molar-refractivity contribution in [3.05, 3.63) is 42.0 Å². The Morgan fingerprint density at radius 2 is 1.79 bits per heavy atom. The zero-order valence-corrected chi connectivity index (χ0v) is 16.8. The molecule has 1 saturated carbocycles. The molecule has 2 atom stereocenters. The maximum Gasteiger partial charge on any atom is 0.234 e. The molecule has 29 heavy (non-hydrogen) atoms. The molecular formula is C24H30N2O3. The van der Waals surface area contributed by atoms with Crippen LogP contribution in [0, 0.1) is 11.8 Å². The van der Waals surface area contributed by atoms with Crippen molar-refractivity contribution in [3.8, 4) is 5.75 Å². The Labute approximate surface area is 171 Å². The minimum atomic E-state index is -0.288. The second-order valence-electron chi connectivity index (χ2n) is 8.79. The summed E-state index contributed by atoms with van der Waals surface area (Å²) in [4.78, 5) is 27.2. The van der Waals surface area contributed by atoms with E-state index in [4.69, 9.17) is 5.73 Å². The SMILES string of the molecule is NC(=O)[C@@H]1C[C@H](CC(=O)c2ccc3ccccc3c2O)CN1CC1CCCCC1. The molecule has 0 bridgehead atoms. The number of hydrogen-bond acceptors (Lipinski definition) is 4. The molecule has 154 valence electrons. The van der Waals surface area contributed by atoms with Gasteiger partial charge in [-0.3, -0.25) is 14.5 Å². The smallest absolute Gasteiger partial charge is 0.234 e. The molecule has 1 aliphatic carbocycles. The highest BCUT2D eigenvalue weighted by atomic mass is 16.3. The molecule has 1 amide bonds. The second kappa shape index (κ2) is 8.54. The first-order valence-corrected chi connectivity index (χ1v) is 10.8. The van der Waals surface area contributed by atoms with Crippen LogP contribution in [0.25, 0.3) is 10.8 Å². The molecule has 0 aromatic heterocycles. The van der Waals surface area contributed by atoms with E-state index in [1.807, 2.05) is 30.3 Å². The van der Waals surface area contributed by atoms with Crippen molar-refractivity contribution in [1.29, 1.82) is 0 Å². The lowest BCUT2D eigenvalue weighted by molar-refractivity contribution is -0.122. The Morgan fingerprint density at radius 1 is 1.03 bits per heavy atom. The fraction of sp³-hybridized carbons (Fsp3) is 0.500. The molecule has 2 fully saturated rings. The van der Waals surface area contributed by atoms with Crippen LogP contribution in [0.1, 0.15) is 55.3 Å². The summed E-state index contributed by atoms with van der Waals surface area (Å²) in [6, 6.07) is 10.8. The third-order valence-electron chi connectivity index (χ3n) is 6.71. The monoisotopic (exact) mass is 394 g/mol. The molecule has 5 nitrogen and oxygen atoms in total. The van der Waals surface area contributed by atoms with E-state index in [0.29, 0.717) is 29.7 Å². The maximum atomic E-state index is 12.9. The summed E-state index contributed by atoms with van der Waals surface area (Å²) in [5, 5.41) is 12.2. The zero-order chi connectivity index (χ0) is 20.4. The highest BCUT2D eigenvalue weighted by Gasteiger charge is 2.37. The van der Waals surface area contributed by atoms with Gasteiger partial charge in [-0.2, -0.15) is 0 Å². The predicted octanol–water partition coefficient (Wildman–Crippen LogP) is 3.87. The molecule has 5 heteroatoms. The van der Waals surface area contributed by atoms with Crippen molar-refractivity contribution < 1.29 is 14.7 Å². The number of likely N-dealkylation sites (tertiary alicyclic amines) is 1. The van der Waals surface area contributed by atoms with E-state index in [1.165, 1.54) is 32.1 Å². The fourth-order valence-corrected chi connectivity index (χ4v) is 5.20. The number of phenolic OH excluding ortho intramolecular Hbond substituents is 1. The summed E-state index contributed by atoms with van der Waals surface area (Å²) in [5.74, 6) is 0.418. The minimum absolute atomic E-state index is 0.0524. The van der Waals surface area contributed by atoms with Gasteiger partial charge in [0.1, 0.15) is 5.75 Å². The number of phenols is 1. The molecule has 2 aromatic carbocycles. The molecular weight excluding hydrogens is 364 g/mol. The zero-order valence-electron chi connectivity index (χ0n) is 16.8. The Morgan fingerprint density at radius 3 is 2.55 bits per heavy atom. The van der Waals surface area contributed by atoms with Crippen LogP contribution in [-0.2, 0) is 4.79 Å². The van der Waals surface area contributed by atoms with Gasteiger partial charge in [0.05, 0.1) is 11.6 Å². The van der Waals surface area contributed by atoms with Gasteiger partial charge in [0.15, 0.2) is 5.78 Å². The fourth-order valence-electron chi connectivity index (χ4n) is 5.20. The second-order valence-corrected chi connectivity index (χ2v) is 8.79. The Bertz CT molecular complexity index is 904. The minimum Gasteiger partial charge on any atom is -0.507 e. The van der Waals surface area contributed by atoms with Crippen LogP contribution in [0.15, 0.2) is 36.4 Å². The lowest BCUT2D eigenvalue weighted by Gasteiger charge is -2.29. The van der Waals surface area contributed by atoms with E-state index in [9.17, 15) is 14.7 Å². The summed E-state index contributed by atoms with van der Waals surface area (Å²) in [7, 11) is 0. The summed E-state index contributed by atoms with van der Waals surface area (Å²) < 4.78 is 0. The lowest BCUT2D eigenvalue weighted by Crippen LogP contribution is -2.42. The van der Waals surface area contributed by atoms with Crippen LogP contribution >= 0.6 is 0 Å². The highest BCUT2D eigenvalue weighted by Crippen LogP contribution is 2.34. The van der Waals surface area contributed by atoms with Gasteiger partial charge in [0.25, 0.3) is 0 Å².